The van der Waals surface area contributed by atoms with Crippen molar-refractivity contribution in [1.29, 1.82) is 0 Å². The van der Waals surface area contributed by atoms with E-state index in [-0.39, 0.29) is 24.4 Å². The number of rotatable bonds is 5. The largest absolute Gasteiger partial charge is 0.390 e. The molecule has 1 rings (SSSR count). The molecule has 0 saturated carbocycles. The average molecular weight is 212 g/mol. The van der Waals surface area contributed by atoms with Crippen LogP contribution in [0.4, 0.5) is 5.69 Å². The molecule has 1 heterocycles. The second-order valence-corrected chi connectivity index (χ2v) is 3.04. The van der Waals surface area contributed by atoms with E-state index in [1.807, 2.05) is 0 Å². The molecular weight excluding hydrogens is 200 g/mol. The summed E-state index contributed by atoms with van der Waals surface area (Å²) in [4.78, 5) is 14.0. The van der Waals surface area contributed by atoms with Crippen molar-refractivity contribution in [3.05, 3.63) is 34.1 Å². The Bertz CT molecular complexity index is 343. The van der Waals surface area contributed by atoms with Crippen molar-refractivity contribution in [3.63, 3.8) is 0 Å². The van der Waals surface area contributed by atoms with Crippen molar-refractivity contribution in [3.8, 4) is 0 Å². The molecule has 1 aromatic rings. The van der Waals surface area contributed by atoms with Crippen LogP contribution in [0.1, 0.15) is 5.69 Å². The van der Waals surface area contributed by atoms with Gasteiger partial charge in [-0.05, 0) is 6.07 Å². The van der Waals surface area contributed by atoms with Crippen LogP contribution in [0.3, 0.4) is 0 Å². The molecule has 1 aromatic heterocycles. The van der Waals surface area contributed by atoms with Crippen LogP contribution in [-0.2, 0) is 11.2 Å². The Balaban J connectivity index is 2.79. The predicted molar refractivity (Wildman–Crippen MR) is 52.5 cm³/mol. The summed E-state index contributed by atoms with van der Waals surface area (Å²) < 4.78 is 4.73. The molecule has 0 bridgehead atoms. The van der Waals surface area contributed by atoms with Crippen molar-refractivity contribution in [1.82, 2.24) is 4.98 Å². The number of hydrogen-bond acceptors (Lipinski definition) is 5. The van der Waals surface area contributed by atoms with Gasteiger partial charge in [0.05, 0.1) is 17.6 Å². The first kappa shape index (κ1) is 11.5. The third-order valence-corrected chi connectivity index (χ3v) is 1.85. The van der Waals surface area contributed by atoms with Crippen LogP contribution in [0.15, 0.2) is 18.3 Å². The number of pyridine rings is 1. The Morgan fingerprint density at radius 2 is 2.47 bits per heavy atom. The third-order valence-electron chi connectivity index (χ3n) is 1.85. The van der Waals surface area contributed by atoms with E-state index in [1.54, 1.807) is 0 Å². The summed E-state index contributed by atoms with van der Waals surface area (Å²) in [5, 5.41) is 20.0. The van der Waals surface area contributed by atoms with Crippen molar-refractivity contribution < 1.29 is 14.8 Å². The fourth-order valence-electron chi connectivity index (χ4n) is 1.23. The highest BCUT2D eigenvalue weighted by Gasteiger charge is 2.17. The zero-order chi connectivity index (χ0) is 11.3. The van der Waals surface area contributed by atoms with Crippen molar-refractivity contribution >= 4 is 5.69 Å². The highest BCUT2D eigenvalue weighted by Crippen LogP contribution is 2.16. The van der Waals surface area contributed by atoms with Crippen LogP contribution in [0.2, 0.25) is 0 Å². The second-order valence-electron chi connectivity index (χ2n) is 3.04. The van der Waals surface area contributed by atoms with Crippen LogP contribution >= 0.6 is 0 Å². The molecule has 0 aromatic carbocycles. The predicted octanol–water partition coefficient (Wildman–Crippen LogP) is 0.540. The molecule has 0 spiro atoms. The summed E-state index contributed by atoms with van der Waals surface area (Å²) in [7, 11) is 1.45. The van der Waals surface area contributed by atoms with Crippen LogP contribution in [-0.4, -0.2) is 34.8 Å². The molecule has 1 atom stereocenters. The topological polar surface area (TPSA) is 85.5 Å². The minimum Gasteiger partial charge on any atom is -0.390 e. The molecule has 6 heteroatoms. The van der Waals surface area contributed by atoms with E-state index in [4.69, 9.17) is 4.74 Å². The van der Waals surface area contributed by atoms with Gasteiger partial charge in [-0.15, -0.1) is 0 Å². The maximum Gasteiger partial charge on any atom is 0.290 e. The Kier molecular flexibility index (Phi) is 4.14. The lowest BCUT2D eigenvalue weighted by atomic mass is 10.1. The highest BCUT2D eigenvalue weighted by atomic mass is 16.6. The molecule has 6 nitrogen and oxygen atoms in total. The van der Waals surface area contributed by atoms with E-state index in [9.17, 15) is 15.2 Å². The fourth-order valence-corrected chi connectivity index (χ4v) is 1.23. The minimum absolute atomic E-state index is 0.0762. The first-order valence-corrected chi connectivity index (χ1v) is 4.40. The van der Waals surface area contributed by atoms with Gasteiger partial charge in [0.25, 0.3) is 5.69 Å². The Morgan fingerprint density at radius 1 is 1.73 bits per heavy atom. The van der Waals surface area contributed by atoms with Crippen LogP contribution in [0, 0.1) is 10.1 Å². The molecule has 0 aliphatic heterocycles. The number of aliphatic hydroxyl groups is 1. The number of aromatic nitrogens is 1. The Hall–Kier alpha value is -1.53. The van der Waals surface area contributed by atoms with Gasteiger partial charge in [-0.2, -0.15) is 0 Å². The molecule has 0 aliphatic rings. The number of nitro groups is 1. The van der Waals surface area contributed by atoms with Crippen LogP contribution in [0.25, 0.3) is 0 Å². The zero-order valence-corrected chi connectivity index (χ0v) is 8.29. The first-order chi connectivity index (χ1) is 7.15. The monoisotopic (exact) mass is 212 g/mol. The van der Waals surface area contributed by atoms with E-state index >= 15 is 0 Å². The lowest BCUT2D eigenvalue weighted by Gasteiger charge is -2.08. The maximum atomic E-state index is 10.6. The molecule has 1 unspecified atom stereocenters. The molecular formula is C9H12N2O4. The number of nitrogens with zero attached hydrogens (tertiary/aromatic N) is 2. The van der Waals surface area contributed by atoms with E-state index in [0.717, 1.165) is 0 Å². The summed E-state index contributed by atoms with van der Waals surface area (Å²) in [5.74, 6) is 0. The summed E-state index contributed by atoms with van der Waals surface area (Å²) in [6.07, 6.45) is 0.802. The maximum absolute atomic E-state index is 10.6. The lowest BCUT2D eigenvalue weighted by Crippen LogP contribution is -2.18. The third kappa shape index (κ3) is 3.26. The molecule has 0 aliphatic carbocycles. The van der Waals surface area contributed by atoms with Gasteiger partial charge >= 0.3 is 0 Å². The molecule has 15 heavy (non-hydrogen) atoms. The van der Waals surface area contributed by atoms with Crippen molar-refractivity contribution in [2.45, 2.75) is 12.5 Å². The van der Waals surface area contributed by atoms with Gasteiger partial charge < -0.3 is 9.84 Å². The van der Waals surface area contributed by atoms with Gasteiger partial charge in [0.15, 0.2) is 0 Å². The van der Waals surface area contributed by atoms with Crippen LogP contribution < -0.4 is 0 Å². The molecule has 82 valence electrons. The molecule has 0 radical (unpaired) electrons. The highest BCUT2D eigenvalue weighted by molar-refractivity contribution is 5.34. The summed E-state index contributed by atoms with van der Waals surface area (Å²) in [5.41, 5.74) is 0.194. The SMILES string of the molecule is COCC(O)Cc1ncccc1[N+](=O)[O-]. The van der Waals surface area contributed by atoms with Gasteiger partial charge in [0.2, 0.25) is 0 Å². The van der Waals surface area contributed by atoms with Gasteiger partial charge in [0, 0.05) is 25.8 Å². The standard InChI is InChI=1S/C9H12N2O4/c1-15-6-7(12)5-8-9(11(13)14)3-2-4-10-8/h2-4,7,12H,5-6H2,1H3. The number of aliphatic hydroxyl groups excluding tert-OH is 1. The van der Waals surface area contributed by atoms with E-state index in [1.165, 1.54) is 25.4 Å². The fraction of sp³-hybridized carbons (Fsp3) is 0.444. The first-order valence-electron chi connectivity index (χ1n) is 4.40. The van der Waals surface area contributed by atoms with E-state index in [2.05, 4.69) is 4.98 Å². The Morgan fingerprint density at radius 3 is 3.07 bits per heavy atom. The number of ether oxygens (including phenoxy) is 1. The van der Waals surface area contributed by atoms with Crippen LogP contribution in [0.5, 0.6) is 0 Å². The van der Waals surface area contributed by atoms with Gasteiger partial charge in [0.1, 0.15) is 5.69 Å². The second kappa shape index (κ2) is 5.38. The smallest absolute Gasteiger partial charge is 0.290 e. The van der Waals surface area contributed by atoms with Crippen molar-refractivity contribution in [2.75, 3.05) is 13.7 Å². The molecule has 0 saturated heterocycles. The quantitative estimate of drug-likeness (QED) is 0.568. The van der Waals surface area contributed by atoms with Gasteiger partial charge in [-0.3, -0.25) is 15.1 Å². The van der Waals surface area contributed by atoms with Crippen molar-refractivity contribution in [2.24, 2.45) is 0 Å². The summed E-state index contributed by atoms with van der Waals surface area (Å²) in [6.45, 7) is 0.133. The number of hydrogen-bond donors (Lipinski definition) is 1. The van der Waals surface area contributed by atoms with E-state index in [0.29, 0.717) is 0 Å². The summed E-state index contributed by atoms with van der Waals surface area (Å²) in [6, 6.07) is 2.85. The normalized spacial score (nSPS) is 12.4. The lowest BCUT2D eigenvalue weighted by molar-refractivity contribution is -0.386. The minimum atomic E-state index is -0.774. The molecule has 0 fully saturated rings. The van der Waals surface area contributed by atoms with Gasteiger partial charge in [-0.1, -0.05) is 0 Å². The van der Waals surface area contributed by atoms with E-state index < -0.39 is 11.0 Å². The molecule has 1 N–H and O–H groups in total. The average Bonchev–Trinajstić information content (AvgIpc) is 2.18. The molecule has 0 amide bonds. The van der Waals surface area contributed by atoms with Gasteiger partial charge in [-0.25, -0.2) is 0 Å². The zero-order valence-electron chi connectivity index (χ0n) is 8.29. The Labute approximate surface area is 86.7 Å². The number of methoxy groups -OCH3 is 1. The summed E-state index contributed by atoms with van der Waals surface area (Å²) >= 11 is 0.